The second kappa shape index (κ2) is 12.5. The number of nitrogens with one attached hydrogen (secondary N) is 1. The van der Waals surface area contributed by atoms with Crippen molar-refractivity contribution in [3.8, 4) is 28.3 Å². The Morgan fingerprint density at radius 1 is 1.10 bits per heavy atom. The van der Waals surface area contributed by atoms with Crippen LogP contribution in [0.2, 0.25) is 0 Å². The van der Waals surface area contributed by atoms with E-state index in [0.717, 1.165) is 44.6 Å². The van der Waals surface area contributed by atoms with Gasteiger partial charge in [-0.15, -0.1) is 0 Å². The van der Waals surface area contributed by atoms with Crippen LogP contribution in [0, 0.1) is 11.7 Å². The summed E-state index contributed by atoms with van der Waals surface area (Å²) in [5.74, 6) is 1.55. The number of anilines is 3. The normalized spacial score (nSPS) is 14.2. The van der Waals surface area contributed by atoms with Gasteiger partial charge >= 0.3 is 6.55 Å². The van der Waals surface area contributed by atoms with Crippen LogP contribution in [0.5, 0.6) is 5.75 Å². The molecule has 0 unspecified atom stereocenters. The Kier molecular flexibility index (Phi) is 8.67. The zero-order valence-corrected chi connectivity index (χ0v) is 23.3. The van der Waals surface area contributed by atoms with Crippen LogP contribution in [0.25, 0.3) is 22.5 Å². The largest absolute Gasteiger partial charge is 0.496 e. The summed E-state index contributed by atoms with van der Waals surface area (Å²) in [6.45, 7) is -0.00965. The highest BCUT2D eigenvalue weighted by Gasteiger charge is 2.23. The number of alkyl halides is 2. The van der Waals surface area contributed by atoms with E-state index in [-0.39, 0.29) is 11.4 Å². The molecule has 1 aromatic carbocycles. The van der Waals surface area contributed by atoms with Crippen LogP contribution in [0.4, 0.5) is 30.5 Å². The van der Waals surface area contributed by atoms with Crippen molar-refractivity contribution in [3.63, 3.8) is 0 Å². The predicted octanol–water partition coefficient (Wildman–Crippen LogP) is 5.86. The molecule has 1 aliphatic heterocycles. The molecule has 0 aliphatic carbocycles. The van der Waals surface area contributed by atoms with Gasteiger partial charge in [-0.05, 0) is 64.0 Å². The molecular formula is C29H33F3N8O. The van der Waals surface area contributed by atoms with Crippen LogP contribution < -0.4 is 15.0 Å². The van der Waals surface area contributed by atoms with Crippen molar-refractivity contribution >= 4 is 17.3 Å². The Morgan fingerprint density at radius 2 is 1.90 bits per heavy atom. The molecule has 1 fully saturated rings. The highest BCUT2D eigenvalue weighted by Crippen LogP contribution is 2.36. The minimum absolute atomic E-state index is 0.163. The van der Waals surface area contributed by atoms with Gasteiger partial charge in [0.1, 0.15) is 23.2 Å². The van der Waals surface area contributed by atoms with Gasteiger partial charge in [0, 0.05) is 54.6 Å². The van der Waals surface area contributed by atoms with Crippen LogP contribution >= 0.6 is 0 Å². The minimum Gasteiger partial charge on any atom is -0.496 e. The Balaban J connectivity index is 1.43. The van der Waals surface area contributed by atoms with E-state index in [1.54, 1.807) is 24.4 Å². The van der Waals surface area contributed by atoms with Gasteiger partial charge in [0.15, 0.2) is 5.82 Å². The van der Waals surface area contributed by atoms with Crippen molar-refractivity contribution in [2.24, 2.45) is 5.92 Å². The van der Waals surface area contributed by atoms with Crippen LogP contribution in [-0.4, -0.2) is 70.5 Å². The zero-order valence-electron chi connectivity index (χ0n) is 23.3. The number of nitrogens with zero attached hydrogens (tertiary/aromatic N) is 7. The first kappa shape index (κ1) is 28.3. The third-order valence-electron chi connectivity index (χ3n) is 7.27. The SMILES string of the molecule is COc1cccc(F)c1-c1nccc(Nc2cc(N3CCC(CCN(C)C)CC3)c(-c3cnn(C(F)F)c3)cn2)n1. The van der Waals surface area contributed by atoms with E-state index in [1.165, 1.54) is 31.8 Å². The summed E-state index contributed by atoms with van der Waals surface area (Å²) in [6.07, 6.45) is 9.17. The lowest BCUT2D eigenvalue weighted by atomic mass is 9.92. The van der Waals surface area contributed by atoms with E-state index < -0.39 is 12.4 Å². The summed E-state index contributed by atoms with van der Waals surface area (Å²) in [5.41, 5.74) is 2.31. The molecule has 9 nitrogen and oxygen atoms in total. The fourth-order valence-electron chi connectivity index (χ4n) is 5.06. The average Bonchev–Trinajstić information content (AvgIpc) is 3.47. The van der Waals surface area contributed by atoms with Gasteiger partial charge in [-0.2, -0.15) is 13.9 Å². The van der Waals surface area contributed by atoms with Gasteiger partial charge in [0.05, 0.1) is 18.9 Å². The molecule has 1 saturated heterocycles. The Labute approximate surface area is 237 Å². The average molecular weight is 567 g/mol. The van der Waals surface area contributed by atoms with Crippen LogP contribution in [0.1, 0.15) is 25.8 Å². The number of hydrogen-bond acceptors (Lipinski definition) is 8. The fourth-order valence-corrected chi connectivity index (χ4v) is 5.06. The molecule has 0 radical (unpaired) electrons. The molecule has 0 spiro atoms. The van der Waals surface area contributed by atoms with Crippen LogP contribution in [-0.2, 0) is 0 Å². The third-order valence-corrected chi connectivity index (χ3v) is 7.27. The van der Waals surface area contributed by atoms with E-state index in [1.807, 2.05) is 6.07 Å². The number of methoxy groups -OCH3 is 1. The molecule has 4 heterocycles. The molecule has 0 saturated carbocycles. The molecule has 1 N–H and O–H groups in total. The van der Waals surface area contributed by atoms with E-state index in [4.69, 9.17) is 4.74 Å². The summed E-state index contributed by atoms with van der Waals surface area (Å²) in [6, 6.07) is 8.08. The van der Waals surface area contributed by atoms with Crippen molar-refractivity contribution in [1.29, 1.82) is 0 Å². The molecule has 12 heteroatoms. The Bertz CT molecular complexity index is 1470. The Hall–Kier alpha value is -4.19. The number of piperidine rings is 1. The summed E-state index contributed by atoms with van der Waals surface area (Å²) in [7, 11) is 5.63. The first-order valence-corrected chi connectivity index (χ1v) is 13.5. The summed E-state index contributed by atoms with van der Waals surface area (Å²) < 4.78 is 47.2. The minimum atomic E-state index is -2.73. The number of pyridine rings is 1. The maximum atomic E-state index is 14.7. The summed E-state index contributed by atoms with van der Waals surface area (Å²) >= 11 is 0. The van der Waals surface area contributed by atoms with Gasteiger partial charge in [-0.3, -0.25) is 0 Å². The second-order valence-electron chi connectivity index (χ2n) is 10.3. The van der Waals surface area contributed by atoms with Gasteiger partial charge in [0.25, 0.3) is 0 Å². The van der Waals surface area contributed by atoms with E-state index in [2.05, 4.69) is 49.3 Å². The monoisotopic (exact) mass is 566 g/mol. The molecule has 0 bridgehead atoms. The molecule has 41 heavy (non-hydrogen) atoms. The third kappa shape index (κ3) is 6.59. The molecular weight excluding hydrogens is 533 g/mol. The molecule has 4 aromatic rings. The van der Waals surface area contributed by atoms with E-state index in [0.29, 0.717) is 39.1 Å². The number of ether oxygens (including phenoxy) is 1. The van der Waals surface area contributed by atoms with Crippen molar-refractivity contribution in [3.05, 3.63) is 60.9 Å². The van der Waals surface area contributed by atoms with Gasteiger partial charge in [-0.1, -0.05) is 6.07 Å². The van der Waals surface area contributed by atoms with Crippen molar-refractivity contribution in [1.82, 2.24) is 29.6 Å². The molecule has 5 rings (SSSR count). The van der Waals surface area contributed by atoms with Crippen molar-refractivity contribution < 1.29 is 17.9 Å². The van der Waals surface area contributed by atoms with Crippen molar-refractivity contribution in [2.45, 2.75) is 25.8 Å². The van der Waals surface area contributed by atoms with Gasteiger partial charge < -0.3 is 19.9 Å². The van der Waals surface area contributed by atoms with Crippen LogP contribution in [0.3, 0.4) is 0 Å². The highest BCUT2D eigenvalue weighted by atomic mass is 19.3. The fraction of sp³-hybridized carbons (Fsp3) is 0.379. The topological polar surface area (TPSA) is 84.2 Å². The maximum absolute atomic E-state index is 14.7. The second-order valence-corrected chi connectivity index (χ2v) is 10.3. The summed E-state index contributed by atoms with van der Waals surface area (Å²) in [4.78, 5) is 17.8. The zero-order chi connectivity index (χ0) is 28.9. The number of aromatic nitrogens is 5. The molecule has 0 atom stereocenters. The number of halogens is 3. The highest BCUT2D eigenvalue weighted by molar-refractivity contribution is 5.80. The van der Waals surface area contributed by atoms with Crippen molar-refractivity contribution in [2.75, 3.05) is 51.1 Å². The van der Waals surface area contributed by atoms with Crippen LogP contribution in [0.15, 0.2) is 55.1 Å². The van der Waals surface area contributed by atoms with E-state index >= 15 is 0 Å². The molecule has 0 amide bonds. The quantitative estimate of drug-likeness (QED) is 0.256. The smallest absolute Gasteiger partial charge is 0.333 e. The van der Waals surface area contributed by atoms with Gasteiger partial charge in [0.2, 0.25) is 0 Å². The maximum Gasteiger partial charge on any atom is 0.333 e. The lowest BCUT2D eigenvalue weighted by Gasteiger charge is -2.35. The van der Waals surface area contributed by atoms with Gasteiger partial charge in [-0.25, -0.2) is 24.0 Å². The predicted molar refractivity (Wildman–Crippen MR) is 152 cm³/mol. The first-order chi connectivity index (χ1) is 19.8. The first-order valence-electron chi connectivity index (χ1n) is 13.5. The Morgan fingerprint density at radius 3 is 2.61 bits per heavy atom. The lowest BCUT2D eigenvalue weighted by molar-refractivity contribution is 0.0566. The number of benzene rings is 1. The molecule has 1 aliphatic rings. The standard InChI is InChI=1S/C29H33F3N8O/c1-38(2)12-8-19-9-13-39(14-10-19)23-15-26(34-17-21(23)20-16-35-40(18-20)29(31)32)36-25-7-11-33-28(37-25)27-22(30)5-4-6-24(27)41-3/h4-7,11,15-19,29H,8-10,12-14H2,1-3H3,(H,33,34,36,37). The number of rotatable bonds is 10. The molecule has 216 valence electrons. The lowest BCUT2D eigenvalue weighted by Crippen LogP contribution is -2.35. The number of hydrogen-bond donors (Lipinski definition) is 1. The molecule has 3 aromatic heterocycles. The van der Waals surface area contributed by atoms with E-state index in [9.17, 15) is 13.2 Å². The summed E-state index contributed by atoms with van der Waals surface area (Å²) in [5, 5.41) is 7.02.